The lowest BCUT2D eigenvalue weighted by Crippen LogP contribution is -2.23. The lowest BCUT2D eigenvalue weighted by molar-refractivity contribution is -0.113. The van der Waals surface area contributed by atoms with Crippen LogP contribution in [0.1, 0.15) is 0 Å². The molecule has 1 heterocycles. The third-order valence-electron chi connectivity index (χ3n) is 1.35. The van der Waals surface area contributed by atoms with Crippen LogP contribution < -0.4 is 22.3 Å². The smallest absolute Gasteiger partial charge is 0.278 e. The Hall–Kier alpha value is -1.76. The number of aromatic amines is 1. The van der Waals surface area contributed by atoms with Gasteiger partial charge in [-0.15, -0.1) is 11.6 Å². The fraction of sp³-hybridized carbons (Fsp3) is 0.167. The molecule has 8 heteroatoms. The van der Waals surface area contributed by atoms with E-state index in [9.17, 15) is 9.59 Å². The van der Waals surface area contributed by atoms with Crippen LogP contribution in [-0.4, -0.2) is 21.8 Å². The number of anilines is 3. The minimum Gasteiger partial charge on any atom is -0.382 e. The van der Waals surface area contributed by atoms with E-state index in [4.69, 9.17) is 23.1 Å². The van der Waals surface area contributed by atoms with E-state index < -0.39 is 11.5 Å². The van der Waals surface area contributed by atoms with Gasteiger partial charge in [-0.25, -0.2) is 0 Å². The van der Waals surface area contributed by atoms with Gasteiger partial charge in [-0.3, -0.25) is 14.6 Å². The van der Waals surface area contributed by atoms with Crippen LogP contribution in [0.2, 0.25) is 0 Å². The lowest BCUT2D eigenvalue weighted by Gasteiger charge is -2.04. The number of hydrogen-bond acceptors (Lipinski definition) is 5. The van der Waals surface area contributed by atoms with Crippen molar-refractivity contribution in [2.24, 2.45) is 0 Å². The Morgan fingerprint density at radius 3 is 2.71 bits per heavy atom. The third-order valence-corrected chi connectivity index (χ3v) is 1.59. The second-order valence-electron chi connectivity index (χ2n) is 2.39. The maximum atomic E-state index is 11.2. The van der Waals surface area contributed by atoms with Crippen molar-refractivity contribution in [3.63, 3.8) is 0 Å². The number of nitrogens with two attached hydrogens (primary N) is 2. The molecule has 7 nitrogen and oxygen atoms in total. The first-order valence-electron chi connectivity index (χ1n) is 3.55. The van der Waals surface area contributed by atoms with Crippen LogP contribution in [0.4, 0.5) is 17.5 Å². The Balaban J connectivity index is 3.09. The topological polar surface area (TPSA) is 127 Å². The van der Waals surface area contributed by atoms with Crippen molar-refractivity contribution in [3.8, 4) is 0 Å². The first kappa shape index (κ1) is 10.3. The van der Waals surface area contributed by atoms with E-state index in [0.29, 0.717) is 0 Å². The van der Waals surface area contributed by atoms with Crippen LogP contribution in [0.3, 0.4) is 0 Å². The molecule has 6 N–H and O–H groups in total. The molecule has 1 aromatic rings. The number of aromatic nitrogens is 2. The van der Waals surface area contributed by atoms with Crippen LogP contribution in [-0.2, 0) is 4.79 Å². The van der Waals surface area contributed by atoms with E-state index in [-0.39, 0.29) is 23.3 Å². The standard InChI is InChI=1S/C6H8ClN5O2/c7-1-2(13)10-3-4(8)11-6(9)12-5(3)14/h1H2,(H,10,13)(H5,8,9,11,12,14). The van der Waals surface area contributed by atoms with Gasteiger partial charge < -0.3 is 16.8 Å². The first-order chi connectivity index (χ1) is 6.54. The van der Waals surface area contributed by atoms with Crippen LogP contribution in [0.15, 0.2) is 4.79 Å². The Kier molecular flexibility index (Phi) is 2.92. The normalized spacial score (nSPS) is 9.79. The number of alkyl halides is 1. The van der Waals surface area contributed by atoms with Gasteiger partial charge in [-0.1, -0.05) is 0 Å². The Morgan fingerprint density at radius 1 is 1.57 bits per heavy atom. The van der Waals surface area contributed by atoms with Gasteiger partial charge in [-0.05, 0) is 0 Å². The maximum absolute atomic E-state index is 11.2. The highest BCUT2D eigenvalue weighted by atomic mass is 35.5. The summed E-state index contributed by atoms with van der Waals surface area (Å²) in [6, 6.07) is 0. The molecule has 0 aliphatic rings. The van der Waals surface area contributed by atoms with Crippen molar-refractivity contribution < 1.29 is 4.79 Å². The number of carbonyl (C=O) groups is 1. The first-order valence-corrected chi connectivity index (χ1v) is 4.09. The molecule has 0 spiro atoms. The molecule has 0 bridgehead atoms. The molecule has 0 saturated carbocycles. The average molecular weight is 218 g/mol. The molecule has 0 atom stereocenters. The number of carbonyl (C=O) groups excluding carboxylic acids is 1. The SMILES string of the molecule is Nc1nc(N)c(NC(=O)CCl)c(=O)[nH]1. The predicted molar refractivity (Wildman–Crippen MR) is 53.0 cm³/mol. The summed E-state index contributed by atoms with van der Waals surface area (Å²) in [5.41, 5.74) is 9.80. The highest BCUT2D eigenvalue weighted by Gasteiger charge is 2.10. The monoisotopic (exact) mass is 217 g/mol. The molecule has 1 amide bonds. The number of H-pyrrole nitrogens is 1. The molecule has 0 radical (unpaired) electrons. The number of nitrogen functional groups attached to an aromatic ring is 2. The van der Waals surface area contributed by atoms with E-state index in [0.717, 1.165) is 0 Å². The molecule has 0 saturated heterocycles. The fourth-order valence-corrected chi connectivity index (χ4v) is 0.869. The van der Waals surface area contributed by atoms with E-state index in [1.807, 2.05) is 0 Å². The Morgan fingerprint density at radius 2 is 2.21 bits per heavy atom. The molecule has 1 aromatic heterocycles. The predicted octanol–water partition coefficient (Wildman–Crippen LogP) is -0.888. The fourth-order valence-electron chi connectivity index (χ4n) is 0.802. The Bertz CT molecular complexity index is 415. The number of nitrogens with one attached hydrogen (secondary N) is 2. The molecule has 76 valence electrons. The minimum atomic E-state index is -0.617. The quantitative estimate of drug-likeness (QED) is 0.478. The second kappa shape index (κ2) is 3.97. The molecule has 0 aromatic carbocycles. The number of rotatable bonds is 2. The maximum Gasteiger partial charge on any atom is 0.278 e. The summed E-state index contributed by atoms with van der Waals surface area (Å²) in [4.78, 5) is 27.8. The van der Waals surface area contributed by atoms with Crippen molar-refractivity contribution in [1.82, 2.24) is 9.97 Å². The molecular formula is C6H8ClN5O2. The van der Waals surface area contributed by atoms with E-state index in [2.05, 4.69) is 15.3 Å². The largest absolute Gasteiger partial charge is 0.382 e. The molecule has 0 unspecified atom stereocenters. The highest BCUT2D eigenvalue weighted by Crippen LogP contribution is 2.09. The highest BCUT2D eigenvalue weighted by molar-refractivity contribution is 6.29. The average Bonchev–Trinajstić information content (AvgIpc) is 2.10. The van der Waals surface area contributed by atoms with Gasteiger partial charge in [0.15, 0.2) is 5.82 Å². The number of hydrogen-bond donors (Lipinski definition) is 4. The number of halogens is 1. The number of nitrogens with zero attached hydrogens (tertiary/aromatic N) is 1. The van der Waals surface area contributed by atoms with Gasteiger partial charge >= 0.3 is 0 Å². The summed E-state index contributed by atoms with van der Waals surface area (Å²) in [7, 11) is 0. The van der Waals surface area contributed by atoms with E-state index in [1.165, 1.54) is 0 Å². The summed E-state index contributed by atoms with van der Waals surface area (Å²) in [6.07, 6.45) is 0. The Labute approximate surface area is 83.5 Å². The summed E-state index contributed by atoms with van der Waals surface area (Å²) >= 11 is 5.23. The van der Waals surface area contributed by atoms with Crippen molar-refractivity contribution in [1.29, 1.82) is 0 Å². The summed E-state index contributed by atoms with van der Waals surface area (Å²) in [6.45, 7) is 0. The molecule has 0 aliphatic heterocycles. The summed E-state index contributed by atoms with van der Waals surface area (Å²) in [5.74, 6) is -1.08. The minimum absolute atomic E-state index is 0.114. The molecule has 0 aliphatic carbocycles. The van der Waals surface area contributed by atoms with Crippen molar-refractivity contribution in [2.45, 2.75) is 0 Å². The van der Waals surface area contributed by atoms with Gasteiger partial charge in [0.25, 0.3) is 5.56 Å². The molecular weight excluding hydrogens is 210 g/mol. The van der Waals surface area contributed by atoms with Gasteiger partial charge in [0.05, 0.1) is 0 Å². The van der Waals surface area contributed by atoms with E-state index in [1.54, 1.807) is 0 Å². The lowest BCUT2D eigenvalue weighted by atomic mass is 10.4. The van der Waals surface area contributed by atoms with Gasteiger partial charge in [0.2, 0.25) is 11.9 Å². The molecule has 1 rings (SSSR count). The molecule has 0 fully saturated rings. The second-order valence-corrected chi connectivity index (χ2v) is 2.66. The summed E-state index contributed by atoms with van der Waals surface area (Å²) < 4.78 is 0. The van der Waals surface area contributed by atoms with Crippen molar-refractivity contribution in [3.05, 3.63) is 10.4 Å². The van der Waals surface area contributed by atoms with Crippen LogP contribution >= 0.6 is 11.6 Å². The van der Waals surface area contributed by atoms with Crippen LogP contribution in [0.25, 0.3) is 0 Å². The third kappa shape index (κ3) is 2.13. The van der Waals surface area contributed by atoms with Gasteiger partial charge in [0, 0.05) is 0 Å². The van der Waals surface area contributed by atoms with Crippen molar-refractivity contribution >= 4 is 35.0 Å². The van der Waals surface area contributed by atoms with E-state index >= 15 is 0 Å². The zero-order valence-corrected chi connectivity index (χ0v) is 7.76. The van der Waals surface area contributed by atoms with Crippen LogP contribution in [0, 0.1) is 0 Å². The zero-order chi connectivity index (χ0) is 10.7. The zero-order valence-electron chi connectivity index (χ0n) is 7.00. The molecule has 14 heavy (non-hydrogen) atoms. The van der Waals surface area contributed by atoms with Crippen LogP contribution in [0.5, 0.6) is 0 Å². The van der Waals surface area contributed by atoms with Gasteiger partial charge in [0.1, 0.15) is 11.6 Å². The van der Waals surface area contributed by atoms with Crippen molar-refractivity contribution in [2.75, 3.05) is 22.7 Å². The summed E-state index contributed by atoms with van der Waals surface area (Å²) in [5, 5.41) is 2.20. The number of amides is 1. The van der Waals surface area contributed by atoms with Gasteiger partial charge in [-0.2, -0.15) is 4.98 Å².